The SMILES string of the molecule is CC(N)C(c1ccc(Br)cc1)N1CCCC(N(C)C)C1. The molecule has 3 nitrogen and oxygen atoms in total. The summed E-state index contributed by atoms with van der Waals surface area (Å²) in [5, 5.41) is 0. The predicted molar refractivity (Wildman–Crippen MR) is 88.8 cm³/mol. The molecule has 1 aromatic carbocycles. The van der Waals surface area contributed by atoms with Crippen molar-refractivity contribution >= 4 is 15.9 Å². The number of likely N-dealkylation sites (tertiary alicyclic amines) is 1. The number of nitrogens with zero attached hydrogens (tertiary/aromatic N) is 2. The van der Waals surface area contributed by atoms with E-state index in [-0.39, 0.29) is 6.04 Å². The zero-order valence-corrected chi connectivity index (χ0v) is 14.3. The van der Waals surface area contributed by atoms with Gasteiger partial charge in [0.1, 0.15) is 0 Å². The maximum absolute atomic E-state index is 6.29. The standard InChI is InChI=1S/C16H26BrN3/c1-12(18)16(13-6-8-14(17)9-7-13)20-10-4-5-15(11-20)19(2)3/h6-9,12,15-16H,4-5,10-11,18H2,1-3H3. The number of nitrogens with two attached hydrogens (primary N) is 1. The summed E-state index contributed by atoms with van der Waals surface area (Å²) in [4.78, 5) is 4.90. The lowest BCUT2D eigenvalue weighted by Gasteiger charge is -2.42. The molecule has 1 aliphatic heterocycles. The lowest BCUT2D eigenvalue weighted by molar-refractivity contribution is 0.0864. The van der Waals surface area contributed by atoms with Gasteiger partial charge in [-0.05, 0) is 58.1 Å². The molecule has 0 amide bonds. The highest BCUT2D eigenvalue weighted by Gasteiger charge is 2.29. The number of hydrogen-bond donors (Lipinski definition) is 1. The molecular formula is C16H26BrN3. The third-order valence-corrected chi connectivity index (χ3v) is 4.79. The second-order valence-corrected chi connectivity index (χ2v) is 7.03. The van der Waals surface area contributed by atoms with Gasteiger partial charge in [-0.3, -0.25) is 4.90 Å². The van der Waals surface area contributed by atoms with Gasteiger partial charge in [0.2, 0.25) is 0 Å². The van der Waals surface area contributed by atoms with Gasteiger partial charge in [-0.15, -0.1) is 0 Å². The number of hydrogen-bond acceptors (Lipinski definition) is 3. The molecule has 1 fully saturated rings. The lowest BCUT2D eigenvalue weighted by Crippen LogP contribution is -2.49. The van der Waals surface area contributed by atoms with Gasteiger partial charge in [-0.1, -0.05) is 28.1 Å². The van der Waals surface area contributed by atoms with Gasteiger partial charge in [0.15, 0.2) is 0 Å². The number of halogens is 1. The van der Waals surface area contributed by atoms with Gasteiger partial charge in [-0.25, -0.2) is 0 Å². The summed E-state index contributed by atoms with van der Waals surface area (Å²) >= 11 is 3.50. The average Bonchev–Trinajstić information content (AvgIpc) is 2.41. The molecule has 0 aromatic heterocycles. The summed E-state index contributed by atoms with van der Waals surface area (Å²) in [5.74, 6) is 0. The number of rotatable bonds is 4. The predicted octanol–water partition coefficient (Wildman–Crippen LogP) is 2.86. The Labute approximate surface area is 131 Å². The van der Waals surface area contributed by atoms with E-state index in [4.69, 9.17) is 5.73 Å². The highest BCUT2D eigenvalue weighted by Crippen LogP contribution is 2.28. The molecule has 3 unspecified atom stereocenters. The molecule has 2 rings (SSSR count). The van der Waals surface area contributed by atoms with Gasteiger partial charge < -0.3 is 10.6 Å². The highest BCUT2D eigenvalue weighted by molar-refractivity contribution is 9.10. The maximum atomic E-state index is 6.29. The summed E-state index contributed by atoms with van der Waals surface area (Å²) in [7, 11) is 4.35. The summed E-state index contributed by atoms with van der Waals surface area (Å²) in [5.41, 5.74) is 7.61. The first-order valence-electron chi connectivity index (χ1n) is 7.40. The molecule has 3 atom stereocenters. The summed E-state index contributed by atoms with van der Waals surface area (Å²) in [6, 6.07) is 9.69. The van der Waals surface area contributed by atoms with Crippen LogP contribution in [0.1, 0.15) is 31.4 Å². The van der Waals surface area contributed by atoms with Gasteiger partial charge in [0, 0.05) is 29.1 Å². The normalized spacial score (nSPS) is 23.8. The first kappa shape index (κ1) is 16.0. The van der Waals surface area contributed by atoms with Crippen LogP contribution in [0.2, 0.25) is 0 Å². The van der Waals surface area contributed by atoms with E-state index in [0.717, 1.165) is 17.6 Å². The molecule has 1 saturated heterocycles. The molecule has 1 aliphatic rings. The first-order valence-corrected chi connectivity index (χ1v) is 8.20. The molecule has 20 heavy (non-hydrogen) atoms. The van der Waals surface area contributed by atoms with Crippen LogP contribution in [0.15, 0.2) is 28.7 Å². The van der Waals surface area contributed by atoms with Crippen LogP contribution < -0.4 is 5.73 Å². The highest BCUT2D eigenvalue weighted by atomic mass is 79.9. The van der Waals surface area contributed by atoms with E-state index < -0.39 is 0 Å². The molecule has 112 valence electrons. The molecule has 4 heteroatoms. The van der Waals surface area contributed by atoms with E-state index >= 15 is 0 Å². The quantitative estimate of drug-likeness (QED) is 0.915. The monoisotopic (exact) mass is 339 g/mol. The van der Waals surface area contributed by atoms with Gasteiger partial charge in [-0.2, -0.15) is 0 Å². The second-order valence-electron chi connectivity index (χ2n) is 6.11. The Kier molecular flexibility index (Phi) is 5.61. The molecule has 0 bridgehead atoms. The topological polar surface area (TPSA) is 32.5 Å². The van der Waals surface area contributed by atoms with Crippen molar-refractivity contribution in [3.63, 3.8) is 0 Å². The van der Waals surface area contributed by atoms with Crippen LogP contribution in [0.25, 0.3) is 0 Å². The number of benzene rings is 1. The first-order chi connectivity index (χ1) is 9.49. The summed E-state index contributed by atoms with van der Waals surface area (Å²) in [6.45, 7) is 4.37. The minimum Gasteiger partial charge on any atom is -0.326 e. The van der Waals surface area contributed by atoms with Crippen LogP contribution in [0.3, 0.4) is 0 Å². The van der Waals surface area contributed by atoms with Crippen LogP contribution in [-0.4, -0.2) is 49.1 Å². The van der Waals surface area contributed by atoms with Crippen molar-refractivity contribution in [3.8, 4) is 0 Å². The largest absolute Gasteiger partial charge is 0.326 e. The molecule has 1 aromatic rings. The fraction of sp³-hybridized carbons (Fsp3) is 0.625. The van der Waals surface area contributed by atoms with Crippen LogP contribution in [-0.2, 0) is 0 Å². The van der Waals surface area contributed by atoms with Crippen LogP contribution in [0.5, 0.6) is 0 Å². The van der Waals surface area contributed by atoms with Crippen molar-refractivity contribution in [2.75, 3.05) is 27.2 Å². The van der Waals surface area contributed by atoms with Crippen molar-refractivity contribution in [2.24, 2.45) is 5.73 Å². The molecule has 0 spiro atoms. The van der Waals surface area contributed by atoms with E-state index in [9.17, 15) is 0 Å². The third-order valence-electron chi connectivity index (χ3n) is 4.26. The number of piperidine rings is 1. The minimum absolute atomic E-state index is 0.136. The fourth-order valence-electron chi connectivity index (χ4n) is 3.16. The molecular weight excluding hydrogens is 314 g/mol. The van der Waals surface area contributed by atoms with Crippen LogP contribution >= 0.6 is 15.9 Å². The minimum atomic E-state index is 0.136. The smallest absolute Gasteiger partial charge is 0.0497 e. The molecule has 1 heterocycles. The third kappa shape index (κ3) is 3.82. The Morgan fingerprint density at radius 2 is 1.95 bits per heavy atom. The van der Waals surface area contributed by atoms with Crippen molar-refractivity contribution in [1.82, 2.24) is 9.80 Å². The number of likely N-dealkylation sites (N-methyl/N-ethyl adjacent to an activating group) is 1. The van der Waals surface area contributed by atoms with Crippen molar-refractivity contribution in [1.29, 1.82) is 0 Å². The summed E-state index contributed by atoms with van der Waals surface area (Å²) in [6.07, 6.45) is 2.54. The zero-order chi connectivity index (χ0) is 14.7. The Morgan fingerprint density at radius 1 is 1.30 bits per heavy atom. The molecule has 0 radical (unpaired) electrons. The Morgan fingerprint density at radius 3 is 2.50 bits per heavy atom. The van der Waals surface area contributed by atoms with Crippen LogP contribution in [0.4, 0.5) is 0 Å². The Bertz CT molecular complexity index is 416. The molecule has 2 N–H and O–H groups in total. The van der Waals surface area contributed by atoms with Gasteiger partial charge in [0.05, 0.1) is 0 Å². The maximum Gasteiger partial charge on any atom is 0.0497 e. The molecule has 0 saturated carbocycles. The Balaban J connectivity index is 2.18. The molecule has 0 aliphatic carbocycles. The second kappa shape index (κ2) is 7.03. The van der Waals surface area contributed by atoms with Gasteiger partial charge in [0.25, 0.3) is 0 Å². The Hall–Kier alpha value is -0.420. The lowest BCUT2D eigenvalue weighted by atomic mass is 9.95. The van der Waals surface area contributed by atoms with Gasteiger partial charge >= 0.3 is 0 Å². The van der Waals surface area contributed by atoms with E-state index in [1.54, 1.807) is 0 Å². The van der Waals surface area contributed by atoms with Crippen molar-refractivity contribution < 1.29 is 0 Å². The zero-order valence-electron chi connectivity index (χ0n) is 12.7. The van der Waals surface area contributed by atoms with E-state index in [1.807, 2.05) is 0 Å². The van der Waals surface area contributed by atoms with Crippen LogP contribution in [0, 0.1) is 0 Å². The van der Waals surface area contributed by atoms with Crippen molar-refractivity contribution in [3.05, 3.63) is 34.3 Å². The van der Waals surface area contributed by atoms with E-state index in [2.05, 4.69) is 71.0 Å². The van der Waals surface area contributed by atoms with E-state index in [1.165, 1.54) is 18.4 Å². The van der Waals surface area contributed by atoms with Crippen molar-refractivity contribution in [2.45, 2.75) is 37.9 Å². The average molecular weight is 340 g/mol. The van der Waals surface area contributed by atoms with E-state index in [0.29, 0.717) is 12.1 Å². The fourth-order valence-corrected chi connectivity index (χ4v) is 3.43. The summed E-state index contributed by atoms with van der Waals surface area (Å²) < 4.78 is 1.12.